The van der Waals surface area contributed by atoms with Gasteiger partial charge in [0.1, 0.15) is 11.5 Å². The number of hydrogen-bond donors (Lipinski definition) is 1. The Hall–Kier alpha value is -4.39. The van der Waals surface area contributed by atoms with E-state index in [4.69, 9.17) is 9.47 Å². The molecular formula is C31H31NO6. The lowest BCUT2D eigenvalue weighted by Crippen LogP contribution is -2.29. The molecule has 1 heterocycles. The van der Waals surface area contributed by atoms with Gasteiger partial charge >= 0.3 is 5.97 Å². The van der Waals surface area contributed by atoms with Gasteiger partial charge in [-0.1, -0.05) is 48.9 Å². The van der Waals surface area contributed by atoms with Gasteiger partial charge in [-0.05, 0) is 69.2 Å². The number of benzene rings is 3. The lowest BCUT2D eigenvalue weighted by atomic mass is 9.94. The van der Waals surface area contributed by atoms with Crippen LogP contribution in [0.3, 0.4) is 0 Å². The maximum absolute atomic E-state index is 13.4. The van der Waals surface area contributed by atoms with Crippen LogP contribution in [-0.2, 0) is 14.3 Å². The van der Waals surface area contributed by atoms with E-state index in [9.17, 15) is 19.5 Å². The van der Waals surface area contributed by atoms with Crippen LogP contribution >= 0.6 is 0 Å². The number of ether oxygens (including phenoxy) is 2. The fourth-order valence-electron chi connectivity index (χ4n) is 4.40. The molecule has 196 valence electrons. The van der Waals surface area contributed by atoms with Crippen molar-refractivity contribution >= 4 is 29.1 Å². The fraction of sp³-hybridized carbons (Fsp3) is 0.258. The van der Waals surface area contributed by atoms with Crippen molar-refractivity contribution in [3.63, 3.8) is 0 Å². The van der Waals surface area contributed by atoms with Gasteiger partial charge in [0.05, 0.1) is 29.9 Å². The number of Topliss-reactive ketones (excluding diaryl/α,β-unsaturated/α-hetero) is 1. The molecule has 7 heteroatoms. The molecule has 1 fully saturated rings. The minimum atomic E-state index is -0.872. The first-order valence-corrected chi connectivity index (χ1v) is 12.6. The number of ketones is 1. The van der Waals surface area contributed by atoms with Gasteiger partial charge in [0.2, 0.25) is 0 Å². The van der Waals surface area contributed by atoms with Crippen molar-refractivity contribution in [1.82, 2.24) is 0 Å². The number of nitrogens with zero attached hydrogens (tertiary/aromatic N) is 1. The van der Waals surface area contributed by atoms with Crippen LogP contribution in [0.15, 0.2) is 78.4 Å². The molecule has 7 nitrogen and oxygen atoms in total. The van der Waals surface area contributed by atoms with E-state index in [1.165, 1.54) is 4.90 Å². The summed E-state index contributed by atoms with van der Waals surface area (Å²) in [5, 5.41) is 11.4. The Bertz CT molecular complexity index is 1390. The van der Waals surface area contributed by atoms with Crippen LogP contribution in [0.2, 0.25) is 0 Å². The van der Waals surface area contributed by atoms with E-state index < -0.39 is 23.7 Å². The number of carbonyl (C=O) groups excluding carboxylic acids is 3. The third-order valence-corrected chi connectivity index (χ3v) is 6.11. The molecule has 0 aliphatic carbocycles. The molecule has 1 unspecified atom stereocenters. The quantitative estimate of drug-likeness (QED) is 0.173. The highest BCUT2D eigenvalue weighted by Crippen LogP contribution is 2.42. The summed E-state index contributed by atoms with van der Waals surface area (Å²) in [6.45, 7) is 7.95. The standard InChI is InChI=1S/C31H31NO6/c1-5-16-37-25-11-7-10-23(18-25)28(33)26-27(22-9-6-8-20(4)17-22)32(30(35)29(26)34)24-14-12-21(13-15-24)31(36)38-19(2)3/h6-15,17-19,27,33H,5,16H2,1-4H3/b28-26+. The van der Waals surface area contributed by atoms with E-state index >= 15 is 0 Å². The molecule has 0 radical (unpaired) electrons. The molecule has 38 heavy (non-hydrogen) atoms. The van der Waals surface area contributed by atoms with E-state index in [2.05, 4.69) is 0 Å². The van der Waals surface area contributed by atoms with Crippen molar-refractivity contribution < 1.29 is 29.0 Å². The zero-order chi connectivity index (χ0) is 27.4. The highest BCUT2D eigenvalue weighted by atomic mass is 16.5. The molecule has 1 N–H and O–H groups in total. The second-order valence-electron chi connectivity index (χ2n) is 9.46. The summed E-state index contributed by atoms with van der Waals surface area (Å²) in [5.41, 5.74) is 2.72. The van der Waals surface area contributed by atoms with Gasteiger partial charge in [-0.25, -0.2) is 4.79 Å². The Morgan fingerprint density at radius 3 is 2.34 bits per heavy atom. The van der Waals surface area contributed by atoms with Gasteiger partial charge in [-0.3, -0.25) is 14.5 Å². The van der Waals surface area contributed by atoms with Crippen molar-refractivity contribution in [3.05, 3.63) is 101 Å². The molecule has 1 aliphatic rings. The first-order valence-electron chi connectivity index (χ1n) is 12.6. The first kappa shape index (κ1) is 26.7. The van der Waals surface area contributed by atoms with Crippen molar-refractivity contribution in [3.8, 4) is 5.75 Å². The summed E-state index contributed by atoms with van der Waals surface area (Å²) in [5.74, 6) is -1.77. The van der Waals surface area contributed by atoms with Crippen LogP contribution < -0.4 is 9.64 Å². The number of aryl methyl sites for hydroxylation is 1. The SMILES string of the molecule is CCCOc1cccc(/C(O)=C2\C(=O)C(=O)N(c3ccc(C(=O)OC(C)C)cc3)C2c2cccc(C)c2)c1. The van der Waals surface area contributed by atoms with Gasteiger partial charge in [-0.2, -0.15) is 0 Å². The van der Waals surface area contributed by atoms with Crippen LogP contribution in [-0.4, -0.2) is 35.5 Å². The van der Waals surface area contributed by atoms with Crippen LogP contribution in [0.1, 0.15) is 60.3 Å². The Labute approximate surface area is 222 Å². The minimum Gasteiger partial charge on any atom is -0.507 e. The van der Waals surface area contributed by atoms with E-state index in [1.807, 2.05) is 38.1 Å². The van der Waals surface area contributed by atoms with E-state index in [-0.39, 0.29) is 17.4 Å². The summed E-state index contributed by atoms with van der Waals surface area (Å²) >= 11 is 0. The second kappa shape index (κ2) is 11.3. The lowest BCUT2D eigenvalue weighted by Gasteiger charge is -2.26. The Balaban J connectivity index is 1.82. The molecule has 1 amide bonds. The number of amides is 1. The molecule has 0 aromatic heterocycles. The maximum Gasteiger partial charge on any atom is 0.338 e. The summed E-state index contributed by atoms with van der Waals surface area (Å²) in [6, 6.07) is 19.7. The molecule has 3 aromatic carbocycles. The number of rotatable bonds is 8. The highest BCUT2D eigenvalue weighted by molar-refractivity contribution is 6.51. The molecule has 3 aromatic rings. The monoisotopic (exact) mass is 513 g/mol. The smallest absolute Gasteiger partial charge is 0.338 e. The zero-order valence-electron chi connectivity index (χ0n) is 21.9. The molecule has 1 aliphatic heterocycles. The summed E-state index contributed by atoms with van der Waals surface area (Å²) in [4.78, 5) is 40.5. The normalized spacial score (nSPS) is 16.7. The predicted molar refractivity (Wildman–Crippen MR) is 145 cm³/mol. The highest BCUT2D eigenvalue weighted by Gasteiger charge is 2.47. The number of hydrogen-bond acceptors (Lipinski definition) is 6. The largest absolute Gasteiger partial charge is 0.507 e. The Morgan fingerprint density at radius 2 is 1.68 bits per heavy atom. The Morgan fingerprint density at radius 1 is 0.974 bits per heavy atom. The molecular weight excluding hydrogens is 482 g/mol. The van der Waals surface area contributed by atoms with Gasteiger partial charge in [0.25, 0.3) is 11.7 Å². The molecule has 0 bridgehead atoms. The number of aliphatic hydroxyl groups excluding tert-OH is 1. The molecule has 4 rings (SSSR count). The predicted octanol–water partition coefficient (Wildman–Crippen LogP) is 5.98. The van der Waals surface area contributed by atoms with Crippen LogP contribution in [0.5, 0.6) is 5.75 Å². The molecule has 0 saturated carbocycles. The first-order chi connectivity index (χ1) is 18.2. The average Bonchev–Trinajstić information content (AvgIpc) is 3.17. The zero-order valence-corrected chi connectivity index (χ0v) is 21.9. The third kappa shape index (κ3) is 5.47. The van der Waals surface area contributed by atoms with E-state index in [1.54, 1.807) is 62.4 Å². The van der Waals surface area contributed by atoms with Gasteiger partial charge in [0.15, 0.2) is 0 Å². The van der Waals surface area contributed by atoms with Crippen LogP contribution in [0, 0.1) is 6.92 Å². The van der Waals surface area contributed by atoms with Crippen LogP contribution in [0.25, 0.3) is 5.76 Å². The lowest BCUT2D eigenvalue weighted by molar-refractivity contribution is -0.132. The summed E-state index contributed by atoms with van der Waals surface area (Å²) in [7, 11) is 0. The average molecular weight is 514 g/mol. The van der Waals surface area contributed by atoms with Gasteiger partial charge in [-0.15, -0.1) is 0 Å². The summed E-state index contributed by atoms with van der Waals surface area (Å²) in [6.07, 6.45) is 0.551. The van der Waals surface area contributed by atoms with Crippen molar-refractivity contribution in [2.45, 2.75) is 46.3 Å². The third-order valence-electron chi connectivity index (χ3n) is 6.11. The molecule has 1 saturated heterocycles. The van der Waals surface area contributed by atoms with Crippen molar-refractivity contribution in [1.29, 1.82) is 0 Å². The number of aliphatic hydroxyl groups is 1. The topological polar surface area (TPSA) is 93.1 Å². The van der Waals surface area contributed by atoms with Crippen molar-refractivity contribution in [2.75, 3.05) is 11.5 Å². The van der Waals surface area contributed by atoms with Gasteiger partial charge in [0, 0.05) is 11.3 Å². The van der Waals surface area contributed by atoms with Crippen LogP contribution in [0.4, 0.5) is 5.69 Å². The number of esters is 1. The number of carbonyl (C=O) groups is 3. The van der Waals surface area contributed by atoms with E-state index in [0.29, 0.717) is 34.7 Å². The molecule has 1 atom stereocenters. The fourth-order valence-corrected chi connectivity index (χ4v) is 4.40. The number of anilines is 1. The van der Waals surface area contributed by atoms with Gasteiger partial charge < -0.3 is 14.6 Å². The maximum atomic E-state index is 13.4. The Kier molecular flexibility index (Phi) is 7.96. The van der Waals surface area contributed by atoms with E-state index in [0.717, 1.165) is 12.0 Å². The van der Waals surface area contributed by atoms with Crippen molar-refractivity contribution in [2.24, 2.45) is 0 Å². The minimum absolute atomic E-state index is 0.0171. The summed E-state index contributed by atoms with van der Waals surface area (Å²) < 4.78 is 10.9. The second-order valence-corrected chi connectivity index (χ2v) is 9.46. The molecule has 0 spiro atoms.